The Kier molecular flexibility index (Phi) is 6.47. The lowest BCUT2D eigenvalue weighted by Gasteiger charge is -2.15. The van der Waals surface area contributed by atoms with Crippen molar-refractivity contribution in [2.24, 2.45) is 5.92 Å². The average molecular weight is 368 g/mol. The van der Waals surface area contributed by atoms with Crippen molar-refractivity contribution < 1.29 is 18.3 Å². The molecule has 2 aromatic rings. The summed E-state index contributed by atoms with van der Waals surface area (Å²) in [5, 5.41) is 3.83. The van der Waals surface area contributed by atoms with E-state index in [9.17, 15) is 13.6 Å². The number of hydrogen-bond donors (Lipinski definition) is 1. The van der Waals surface area contributed by atoms with Crippen molar-refractivity contribution in [1.29, 1.82) is 0 Å². The van der Waals surface area contributed by atoms with Crippen LogP contribution >= 0.6 is 11.3 Å². The van der Waals surface area contributed by atoms with E-state index in [-0.39, 0.29) is 17.7 Å². The van der Waals surface area contributed by atoms with E-state index >= 15 is 0 Å². The fourth-order valence-corrected chi connectivity index (χ4v) is 3.58. The monoisotopic (exact) mass is 368 g/mol. The predicted molar refractivity (Wildman–Crippen MR) is 94.3 cm³/mol. The molecule has 1 unspecified atom stereocenters. The summed E-state index contributed by atoms with van der Waals surface area (Å²) in [6.45, 7) is 4.95. The lowest BCUT2D eigenvalue weighted by atomic mass is 10.1. The zero-order valence-electron chi connectivity index (χ0n) is 14.7. The van der Waals surface area contributed by atoms with Gasteiger partial charge in [0.15, 0.2) is 0 Å². The zero-order chi connectivity index (χ0) is 18.6. The molecule has 1 atom stereocenters. The molecule has 0 saturated heterocycles. The van der Waals surface area contributed by atoms with Crippen LogP contribution in [0.3, 0.4) is 0 Å². The number of rotatable bonds is 7. The second-order valence-corrected chi connectivity index (χ2v) is 7.35. The molecule has 25 heavy (non-hydrogen) atoms. The van der Waals surface area contributed by atoms with Crippen molar-refractivity contribution in [1.82, 2.24) is 10.3 Å². The fraction of sp³-hybridized carbons (Fsp3) is 0.444. The number of nitrogens with one attached hydrogen (secondary N) is 1. The summed E-state index contributed by atoms with van der Waals surface area (Å²) in [7, 11) is 0. The Hall–Kier alpha value is -2.02. The largest absolute Gasteiger partial charge is 0.435 e. The van der Waals surface area contributed by atoms with Crippen LogP contribution in [0.2, 0.25) is 0 Å². The first kappa shape index (κ1) is 19.3. The zero-order valence-corrected chi connectivity index (χ0v) is 15.5. The number of carbonyl (C=O) groups is 1. The molecule has 0 radical (unpaired) electrons. The summed E-state index contributed by atoms with van der Waals surface area (Å²) in [6.07, 6.45) is 0.835. The number of aromatic nitrogens is 1. The number of halogens is 2. The molecular formula is C18H22F2N2O2S. The van der Waals surface area contributed by atoms with Crippen LogP contribution in [0.5, 0.6) is 5.75 Å². The molecule has 0 saturated carbocycles. The maximum Gasteiger partial charge on any atom is 0.387 e. The van der Waals surface area contributed by atoms with E-state index in [2.05, 4.69) is 28.9 Å². The highest BCUT2D eigenvalue weighted by Crippen LogP contribution is 2.24. The number of amides is 1. The fourth-order valence-electron chi connectivity index (χ4n) is 2.41. The summed E-state index contributed by atoms with van der Waals surface area (Å²) in [4.78, 5) is 17.6. The van der Waals surface area contributed by atoms with Crippen LogP contribution in [0, 0.1) is 12.8 Å². The quantitative estimate of drug-likeness (QED) is 0.768. The second kappa shape index (κ2) is 8.38. The SMILES string of the molecule is Cc1nc(CC(C)C)sc1C(=O)NC(C)c1cccc(OC(F)F)c1. The van der Waals surface area contributed by atoms with E-state index in [1.54, 1.807) is 19.1 Å². The van der Waals surface area contributed by atoms with Crippen molar-refractivity contribution in [3.63, 3.8) is 0 Å². The maximum atomic E-state index is 12.5. The Labute approximate surface area is 150 Å². The van der Waals surface area contributed by atoms with Gasteiger partial charge in [0.25, 0.3) is 5.91 Å². The summed E-state index contributed by atoms with van der Waals surface area (Å²) >= 11 is 1.40. The molecule has 0 aliphatic heterocycles. The summed E-state index contributed by atoms with van der Waals surface area (Å²) < 4.78 is 29.0. The molecule has 1 amide bonds. The molecule has 0 aliphatic carbocycles. The lowest BCUT2D eigenvalue weighted by Crippen LogP contribution is -2.26. The van der Waals surface area contributed by atoms with Gasteiger partial charge in [-0.3, -0.25) is 4.79 Å². The van der Waals surface area contributed by atoms with E-state index < -0.39 is 6.61 Å². The van der Waals surface area contributed by atoms with Gasteiger partial charge in [-0.05, 0) is 37.5 Å². The van der Waals surface area contributed by atoms with Gasteiger partial charge in [0.1, 0.15) is 10.6 Å². The Morgan fingerprint density at radius 2 is 2.04 bits per heavy atom. The minimum atomic E-state index is -2.88. The van der Waals surface area contributed by atoms with Gasteiger partial charge in [-0.15, -0.1) is 11.3 Å². The van der Waals surface area contributed by atoms with Gasteiger partial charge in [-0.1, -0.05) is 26.0 Å². The molecule has 0 fully saturated rings. The molecule has 136 valence electrons. The number of nitrogens with zero attached hydrogens (tertiary/aromatic N) is 1. The Morgan fingerprint density at radius 3 is 2.68 bits per heavy atom. The van der Waals surface area contributed by atoms with Gasteiger partial charge in [0, 0.05) is 6.42 Å². The Balaban J connectivity index is 2.08. The van der Waals surface area contributed by atoms with Gasteiger partial charge in [-0.2, -0.15) is 8.78 Å². The van der Waals surface area contributed by atoms with Crippen LogP contribution < -0.4 is 10.1 Å². The molecule has 1 aromatic heterocycles. The maximum absolute atomic E-state index is 12.5. The van der Waals surface area contributed by atoms with Crippen LogP contribution in [0.1, 0.15) is 52.7 Å². The van der Waals surface area contributed by atoms with Crippen LogP contribution in [-0.2, 0) is 6.42 Å². The van der Waals surface area contributed by atoms with Gasteiger partial charge in [0.05, 0.1) is 16.7 Å². The number of hydrogen-bond acceptors (Lipinski definition) is 4. The number of thiazole rings is 1. The molecule has 2 rings (SSSR count). The van der Waals surface area contributed by atoms with Gasteiger partial charge in [0.2, 0.25) is 0 Å². The highest BCUT2D eigenvalue weighted by Gasteiger charge is 2.18. The molecule has 0 spiro atoms. The van der Waals surface area contributed by atoms with Crippen LogP contribution in [0.4, 0.5) is 8.78 Å². The third kappa shape index (κ3) is 5.49. The number of ether oxygens (including phenoxy) is 1. The molecule has 1 aromatic carbocycles. The van der Waals surface area contributed by atoms with E-state index in [1.807, 2.05) is 6.92 Å². The predicted octanol–water partition coefficient (Wildman–Crippen LogP) is 4.74. The topological polar surface area (TPSA) is 51.2 Å². The van der Waals surface area contributed by atoms with Gasteiger partial charge >= 0.3 is 6.61 Å². The number of carbonyl (C=O) groups excluding carboxylic acids is 1. The van der Waals surface area contributed by atoms with E-state index in [0.717, 1.165) is 11.4 Å². The summed E-state index contributed by atoms with van der Waals surface area (Å²) in [5.41, 5.74) is 1.40. The van der Waals surface area contributed by atoms with Gasteiger partial charge < -0.3 is 10.1 Å². The summed E-state index contributed by atoms with van der Waals surface area (Å²) in [5.74, 6) is 0.331. The van der Waals surface area contributed by atoms with Gasteiger partial charge in [-0.25, -0.2) is 4.98 Å². The molecule has 1 heterocycles. The Morgan fingerprint density at radius 1 is 1.32 bits per heavy atom. The standard InChI is InChI=1S/C18H22F2N2O2S/c1-10(2)8-15-21-12(4)16(25-15)17(23)22-11(3)13-6-5-7-14(9-13)24-18(19)20/h5-7,9-11,18H,8H2,1-4H3,(H,22,23). The average Bonchev–Trinajstić information content (AvgIpc) is 2.86. The summed E-state index contributed by atoms with van der Waals surface area (Å²) in [6, 6.07) is 5.99. The van der Waals surface area contributed by atoms with Crippen LogP contribution in [0.25, 0.3) is 0 Å². The van der Waals surface area contributed by atoms with Crippen molar-refractivity contribution in [3.8, 4) is 5.75 Å². The minimum Gasteiger partial charge on any atom is -0.435 e. The highest BCUT2D eigenvalue weighted by atomic mass is 32.1. The van der Waals surface area contributed by atoms with Crippen LogP contribution in [0.15, 0.2) is 24.3 Å². The normalized spacial score (nSPS) is 12.5. The number of aryl methyl sites for hydroxylation is 1. The first-order valence-corrected chi connectivity index (χ1v) is 8.89. The van der Waals surface area contributed by atoms with Crippen molar-refractivity contribution in [3.05, 3.63) is 45.4 Å². The Bertz CT molecular complexity index is 732. The number of alkyl halides is 2. The number of benzene rings is 1. The lowest BCUT2D eigenvalue weighted by molar-refractivity contribution is -0.0499. The molecule has 0 bridgehead atoms. The molecular weight excluding hydrogens is 346 g/mol. The third-order valence-electron chi connectivity index (χ3n) is 3.56. The first-order chi connectivity index (χ1) is 11.8. The van der Waals surface area contributed by atoms with Crippen molar-refractivity contribution in [2.45, 2.75) is 46.8 Å². The first-order valence-electron chi connectivity index (χ1n) is 8.08. The van der Waals surface area contributed by atoms with E-state index in [0.29, 0.717) is 22.1 Å². The molecule has 0 aliphatic rings. The molecule has 1 N–H and O–H groups in total. The smallest absolute Gasteiger partial charge is 0.387 e. The van der Waals surface area contributed by atoms with E-state index in [4.69, 9.17) is 0 Å². The highest BCUT2D eigenvalue weighted by molar-refractivity contribution is 7.13. The van der Waals surface area contributed by atoms with Crippen molar-refractivity contribution >= 4 is 17.2 Å². The second-order valence-electron chi connectivity index (χ2n) is 6.27. The minimum absolute atomic E-state index is 0.0711. The van der Waals surface area contributed by atoms with Crippen molar-refractivity contribution in [2.75, 3.05) is 0 Å². The van der Waals surface area contributed by atoms with E-state index in [1.165, 1.54) is 23.5 Å². The third-order valence-corrected chi connectivity index (χ3v) is 4.74. The molecule has 7 heteroatoms. The molecule has 4 nitrogen and oxygen atoms in total. The van der Waals surface area contributed by atoms with Crippen LogP contribution in [-0.4, -0.2) is 17.5 Å².